The summed E-state index contributed by atoms with van der Waals surface area (Å²) in [5, 5.41) is 9.74. The van der Waals surface area contributed by atoms with Crippen molar-refractivity contribution in [2.24, 2.45) is 13.0 Å². The van der Waals surface area contributed by atoms with Crippen LogP contribution in [0.15, 0.2) is 71.0 Å². The zero-order valence-electron chi connectivity index (χ0n) is 22.6. The largest absolute Gasteiger partial charge is 0.486 e. The lowest BCUT2D eigenvalue weighted by Gasteiger charge is -2.38. The zero-order chi connectivity index (χ0) is 29.2. The van der Waals surface area contributed by atoms with Crippen molar-refractivity contribution in [2.75, 3.05) is 31.5 Å². The Morgan fingerprint density at radius 3 is 2.48 bits per heavy atom. The molecule has 1 amide bonds. The molecule has 4 rings (SSSR count). The molecule has 12 nitrogen and oxygen atoms in total. The SMILES string of the molecule is C[C@H]1CN([C@@H](C)CO)C(=O)c2cccc(NS(=O)(=O)c3ccccc3)c2O[C@H]1CN(C)S(=O)(=O)c1cn(C)cn1. The smallest absolute Gasteiger partial charge is 0.262 e. The number of rotatable bonds is 9. The van der Waals surface area contributed by atoms with Gasteiger partial charge < -0.3 is 19.3 Å². The highest BCUT2D eigenvalue weighted by Gasteiger charge is 2.37. The van der Waals surface area contributed by atoms with Gasteiger partial charge in [-0.3, -0.25) is 9.52 Å². The van der Waals surface area contributed by atoms with E-state index in [1.807, 2.05) is 0 Å². The number of hydrogen-bond donors (Lipinski definition) is 2. The first kappa shape index (κ1) is 29.5. The summed E-state index contributed by atoms with van der Waals surface area (Å²) in [5.74, 6) is -0.884. The Balaban J connectivity index is 1.76. The van der Waals surface area contributed by atoms with E-state index in [0.29, 0.717) is 0 Å². The lowest BCUT2D eigenvalue weighted by Crippen LogP contribution is -2.50. The molecular formula is C26H33N5O7S2. The second-order valence-corrected chi connectivity index (χ2v) is 13.6. The number of nitrogens with zero attached hydrogens (tertiary/aromatic N) is 4. The van der Waals surface area contributed by atoms with Crippen LogP contribution in [0.3, 0.4) is 0 Å². The summed E-state index contributed by atoms with van der Waals surface area (Å²) in [7, 11) is -4.95. The number of ether oxygens (including phenoxy) is 1. The molecule has 216 valence electrons. The van der Waals surface area contributed by atoms with Crippen LogP contribution >= 0.6 is 0 Å². The van der Waals surface area contributed by atoms with Crippen molar-refractivity contribution in [2.45, 2.75) is 35.9 Å². The minimum absolute atomic E-state index is 0.0198. The maximum atomic E-state index is 13.6. The van der Waals surface area contributed by atoms with E-state index in [9.17, 15) is 26.7 Å². The summed E-state index contributed by atoms with van der Waals surface area (Å²) < 4.78 is 64.3. The molecule has 0 saturated carbocycles. The maximum Gasteiger partial charge on any atom is 0.262 e. The number of anilines is 1. The molecule has 40 heavy (non-hydrogen) atoms. The number of aryl methyl sites for hydroxylation is 1. The summed E-state index contributed by atoms with van der Waals surface area (Å²) in [4.78, 5) is 19.1. The molecule has 1 aliphatic heterocycles. The number of carbonyl (C=O) groups excluding carboxylic acids is 1. The topological polar surface area (TPSA) is 151 Å². The van der Waals surface area contributed by atoms with Gasteiger partial charge in [0, 0.05) is 32.8 Å². The summed E-state index contributed by atoms with van der Waals surface area (Å²) in [5.41, 5.74) is 0.112. The van der Waals surface area contributed by atoms with E-state index < -0.39 is 44.0 Å². The number of hydrogen-bond acceptors (Lipinski definition) is 8. The van der Waals surface area contributed by atoms with E-state index in [1.165, 1.54) is 59.4 Å². The van der Waals surface area contributed by atoms with Crippen LogP contribution in [-0.4, -0.2) is 85.5 Å². The third-order valence-electron chi connectivity index (χ3n) is 6.78. The number of nitrogens with one attached hydrogen (secondary N) is 1. The molecule has 3 atom stereocenters. The normalized spacial score (nSPS) is 18.9. The molecule has 2 heterocycles. The first-order chi connectivity index (χ1) is 18.8. The number of aliphatic hydroxyl groups excluding tert-OH is 1. The van der Waals surface area contributed by atoms with E-state index >= 15 is 0 Å². The van der Waals surface area contributed by atoms with E-state index in [2.05, 4.69) is 9.71 Å². The number of aromatic nitrogens is 2. The number of imidazole rings is 1. The first-order valence-electron chi connectivity index (χ1n) is 12.6. The van der Waals surface area contributed by atoms with E-state index in [1.54, 1.807) is 39.1 Å². The molecule has 0 spiro atoms. The Morgan fingerprint density at radius 2 is 1.85 bits per heavy atom. The van der Waals surface area contributed by atoms with Gasteiger partial charge in [0.15, 0.2) is 10.8 Å². The van der Waals surface area contributed by atoms with Crippen LogP contribution in [0, 0.1) is 5.92 Å². The van der Waals surface area contributed by atoms with Crippen molar-refractivity contribution in [3.63, 3.8) is 0 Å². The molecule has 3 aromatic rings. The van der Waals surface area contributed by atoms with Crippen LogP contribution < -0.4 is 9.46 Å². The van der Waals surface area contributed by atoms with Crippen molar-refractivity contribution in [1.82, 2.24) is 18.8 Å². The molecule has 0 fully saturated rings. The Kier molecular flexibility index (Phi) is 8.54. The lowest BCUT2D eigenvalue weighted by molar-refractivity contribution is 0.0389. The molecule has 2 N–H and O–H groups in total. The molecule has 14 heteroatoms. The van der Waals surface area contributed by atoms with Gasteiger partial charge in [-0.2, -0.15) is 4.31 Å². The van der Waals surface area contributed by atoms with Gasteiger partial charge in [0.25, 0.3) is 26.0 Å². The number of carbonyl (C=O) groups is 1. The first-order valence-corrected chi connectivity index (χ1v) is 15.5. The fourth-order valence-corrected chi connectivity index (χ4v) is 6.60. The second-order valence-electron chi connectivity index (χ2n) is 9.89. The minimum Gasteiger partial charge on any atom is -0.486 e. The number of likely N-dealkylation sites (N-methyl/N-ethyl adjacent to an activating group) is 1. The van der Waals surface area contributed by atoms with Crippen LogP contribution in [0.1, 0.15) is 24.2 Å². The fourth-order valence-electron chi connectivity index (χ4n) is 4.38. The van der Waals surface area contributed by atoms with Gasteiger partial charge in [0.05, 0.1) is 41.7 Å². The molecule has 1 aliphatic rings. The molecule has 0 unspecified atom stereocenters. The van der Waals surface area contributed by atoms with Crippen molar-refractivity contribution < 1.29 is 31.5 Å². The molecule has 0 radical (unpaired) electrons. The van der Waals surface area contributed by atoms with Crippen LogP contribution in [0.2, 0.25) is 0 Å². The Labute approximate surface area is 234 Å². The molecule has 1 aromatic heterocycles. The highest BCUT2D eigenvalue weighted by atomic mass is 32.2. The maximum absolute atomic E-state index is 13.6. The van der Waals surface area contributed by atoms with Crippen molar-refractivity contribution in [1.29, 1.82) is 0 Å². The Bertz CT molecular complexity index is 1580. The molecular weight excluding hydrogens is 558 g/mol. The van der Waals surface area contributed by atoms with Gasteiger partial charge >= 0.3 is 0 Å². The molecule has 2 aromatic carbocycles. The monoisotopic (exact) mass is 591 g/mol. The van der Waals surface area contributed by atoms with E-state index in [4.69, 9.17) is 4.74 Å². The second kappa shape index (κ2) is 11.6. The van der Waals surface area contributed by atoms with Crippen molar-refractivity contribution in [3.8, 4) is 5.75 Å². The van der Waals surface area contributed by atoms with Gasteiger partial charge in [-0.05, 0) is 31.2 Å². The highest BCUT2D eigenvalue weighted by Crippen LogP contribution is 2.36. The van der Waals surface area contributed by atoms with Gasteiger partial charge in [0.1, 0.15) is 6.10 Å². The van der Waals surface area contributed by atoms with Gasteiger partial charge in [-0.1, -0.05) is 31.2 Å². The Morgan fingerprint density at radius 1 is 1.15 bits per heavy atom. The van der Waals surface area contributed by atoms with Gasteiger partial charge in [-0.25, -0.2) is 21.8 Å². The number of aliphatic hydroxyl groups is 1. The van der Waals surface area contributed by atoms with Gasteiger partial charge in [0.2, 0.25) is 0 Å². The quantitative estimate of drug-likeness (QED) is 0.382. The average Bonchev–Trinajstić information content (AvgIpc) is 3.38. The molecule has 0 aliphatic carbocycles. The van der Waals surface area contributed by atoms with Crippen LogP contribution in [0.5, 0.6) is 5.75 Å². The summed E-state index contributed by atoms with van der Waals surface area (Å²) in [6, 6.07) is 11.7. The fraction of sp³-hybridized carbons (Fsp3) is 0.385. The standard InChI is InChI=1S/C26H33N5O7S2/c1-18-13-31(19(2)16-32)26(33)21-11-8-12-22(28-39(34,35)20-9-6-5-7-10-20)25(21)38-23(18)14-30(4)40(36,37)24-15-29(3)17-27-24/h5-12,15,17-19,23,28,32H,13-14,16H2,1-4H3/t18-,19-,23-/m0/s1. The van der Waals surface area contributed by atoms with Crippen LogP contribution in [-0.2, 0) is 27.1 Å². The van der Waals surface area contributed by atoms with Crippen LogP contribution in [0.25, 0.3) is 0 Å². The molecule has 0 bridgehead atoms. The summed E-state index contributed by atoms with van der Waals surface area (Å²) >= 11 is 0. The zero-order valence-corrected chi connectivity index (χ0v) is 24.3. The highest BCUT2D eigenvalue weighted by molar-refractivity contribution is 7.92. The third-order valence-corrected chi connectivity index (χ3v) is 9.87. The summed E-state index contributed by atoms with van der Waals surface area (Å²) in [6.45, 7) is 3.25. The van der Waals surface area contributed by atoms with Crippen molar-refractivity contribution >= 4 is 31.6 Å². The number of para-hydroxylation sites is 1. The van der Waals surface area contributed by atoms with Crippen LogP contribution in [0.4, 0.5) is 5.69 Å². The minimum atomic E-state index is -4.04. The summed E-state index contributed by atoms with van der Waals surface area (Å²) in [6.07, 6.45) is 1.98. The predicted molar refractivity (Wildman–Crippen MR) is 148 cm³/mol. The number of sulfonamides is 2. The molecule has 0 saturated heterocycles. The van der Waals surface area contributed by atoms with Crippen molar-refractivity contribution in [3.05, 3.63) is 66.6 Å². The lowest BCUT2D eigenvalue weighted by atomic mass is 9.99. The average molecular weight is 592 g/mol. The Hall–Kier alpha value is -3.46. The number of fused-ring (bicyclic) bond motifs is 1. The van der Waals surface area contributed by atoms with E-state index in [-0.39, 0.29) is 46.6 Å². The number of amides is 1. The third kappa shape index (κ3) is 5.99. The van der Waals surface area contributed by atoms with Gasteiger partial charge in [-0.15, -0.1) is 0 Å². The number of benzene rings is 2. The van der Waals surface area contributed by atoms with E-state index in [0.717, 1.165) is 4.31 Å². The predicted octanol–water partition coefficient (Wildman–Crippen LogP) is 1.76.